The van der Waals surface area contributed by atoms with Gasteiger partial charge in [-0.15, -0.1) is 0 Å². The molecule has 0 bridgehead atoms. The monoisotopic (exact) mass is 339 g/mol. The van der Waals surface area contributed by atoms with Gasteiger partial charge in [0.2, 0.25) is 0 Å². The number of ether oxygens (including phenoxy) is 1. The first kappa shape index (κ1) is 16.9. The normalized spacial score (nSPS) is 10.6. The lowest BCUT2D eigenvalue weighted by Gasteiger charge is -2.05. The fourth-order valence-corrected chi connectivity index (χ4v) is 2.38. The number of aromatic nitrogens is 2. The number of amides is 1. The third-order valence-corrected chi connectivity index (χ3v) is 3.70. The molecule has 6 heteroatoms. The van der Waals surface area contributed by atoms with Gasteiger partial charge < -0.3 is 10.1 Å². The summed E-state index contributed by atoms with van der Waals surface area (Å²) in [7, 11) is 1.65. The molecule has 1 aromatic heterocycles. The first-order chi connectivity index (χ1) is 12.2. The quantitative estimate of drug-likeness (QED) is 0.751. The van der Waals surface area contributed by atoms with E-state index in [9.17, 15) is 9.18 Å². The minimum absolute atomic E-state index is 0.262. The number of methoxy groups -OCH3 is 1. The summed E-state index contributed by atoms with van der Waals surface area (Å²) in [6, 6.07) is 15.4. The van der Waals surface area contributed by atoms with Crippen LogP contribution in [0.25, 0.3) is 5.69 Å². The lowest BCUT2D eigenvalue weighted by Crippen LogP contribution is -2.23. The minimum Gasteiger partial charge on any atom is -0.380 e. The van der Waals surface area contributed by atoms with E-state index >= 15 is 0 Å². The smallest absolute Gasteiger partial charge is 0.272 e. The standard InChI is InChI=1S/C19H18FN3O2/c1-25-13-15-4-2-14(3-5-15)12-21-19(24)18-10-11-23(22-18)17-8-6-16(20)7-9-17/h2-11H,12-13H2,1H3,(H,21,24). The lowest BCUT2D eigenvalue weighted by atomic mass is 10.1. The van der Waals surface area contributed by atoms with Crippen LogP contribution < -0.4 is 5.32 Å². The van der Waals surface area contributed by atoms with Gasteiger partial charge in [0, 0.05) is 19.9 Å². The van der Waals surface area contributed by atoms with Crippen LogP contribution in [0.5, 0.6) is 0 Å². The zero-order valence-electron chi connectivity index (χ0n) is 13.8. The Morgan fingerprint density at radius 3 is 2.44 bits per heavy atom. The van der Waals surface area contributed by atoms with Crippen LogP contribution in [-0.2, 0) is 17.9 Å². The average Bonchev–Trinajstić information content (AvgIpc) is 3.12. The highest BCUT2D eigenvalue weighted by atomic mass is 19.1. The van der Waals surface area contributed by atoms with Crippen LogP contribution in [0.2, 0.25) is 0 Å². The topological polar surface area (TPSA) is 56.1 Å². The van der Waals surface area contributed by atoms with Gasteiger partial charge in [0.05, 0.1) is 12.3 Å². The van der Waals surface area contributed by atoms with Crippen molar-refractivity contribution in [2.75, 3.05) is 7.11 Å². The summed E-state index contributed by atoms with van der Waals surface area (Å²) in [5.41, 5.74) is 3.07. The molecular weight excluding hydrogens is 321 g/mol. The number of hydrogen-bond acceptors (Lipinski definition) is 3. The molecule has 0 unspecified atom stereocenters. The second-order valence-electron chi connectivity index (χ2n) is 5.55. The van der Waals surface area contributed by atoms with Gasteiger partial charge >= 0.3 is 0 Å². The third-order valence-electron chi connectivity index (χ3n) is 3.70. The molecule has 0 radical (unpaired) electrons. The zero-order chi connectivity index (χ0) is 17.6. The van der Waals surface area contributed by atoms with Crippen molar-refractivity contribution in [2.45, 2.75) is 13.2 Å². The molecule has 1 amide bonds. The van der Waals surface area contributed by atoms with E-state index in [2.05, 4.69) is 10.4 Å². The molecule has 3 rings (SSSR count). The minimum atomic E-state index is -0.314. The van der Waals surface area contributed by atoms with Crippen LogP contribution in [0, 0.1) is 5.82 Å². The summed E-state index contributed by atoms with van der Waals surface area (Å²) in [4.78, 5) is 12.2. The van der Waals surface area contributed by atoms with Crippen molar-refractivity contribution in [2.24, 2.45) is 0 Å². The number of nitrogens with zero attached hydrogens (tertiary/aromatic N) is 2. The summed E-state index contributed by atoms with van der Waals surface area (Å²) in [5, 5.41) is 7.06. The van der Waals surface area contributed by atoms with E-state index < -0.39 is 0 Å². The maximum absolute atomic E-state index is 13.0. The van der Waals surface area contributed by atoms with Crippen LogP contribution in [-0.4, -0.2) is 22.8 Å². The Morgan fingerprint density at radius 1 is 1.08 bits per heavy atom. The number of rotatable bonds is 6. The molecule has 0 atom stereocenters. The van der Waals surface area contributed by atoms with E-state index in [-0.39, 0.29) is 11.7 Å². The van der Waals surface area contributed by atoms with Crippen LogP contribution in [0.15, 0.2) is 60.8 Å². The second-order valence-corrected chi connectivity index (χ2v) is 5.55. The van der Waals surface area contributed by atoms with Gasteiger partial charge in [-0.2, -0.15) is 5.10 Å². The Morgan fingerprint density at radius 2 is 1.76 bits per heavy atom. The number of benzene rings is 2. The van der Waals surface area contributed by atoms with Crippen molar-refractivity contribution in [3.63, 3.8) is 0 Å². The molecule has 0 aliphatic heterocycles. The summed E-state index contributed by atoms with van der Waals surface area (Å²) < 4.78 is 19.6. The van der Waals surface area contributed by atoms with E-state index in [0.29, 0.717) is 24.5 Å². The highest BCUT2D eigenvalue weighted by Gasteiger charge is 2.10. The van der Waals surface area contributed by atoms with E-state index in [1.807, 2.05) is 24.3 Å². The SMILES string of the molecule is COCc1ccc(CNC(=O)c2ccn(-c3ccc(F)cc3)n2)cc1. The van der Waals surface area contributed by atoms with Gasteiger partial charge in [-0.3, -0.25) is 4.79 Å². The molecule has 0 fully saturated rings. The van der Waals surface area contributed by atoms with Crippen molar-refractivity contribution in [1.82, 2.24) is 15.1 Å². The fraction of sp³-hybridized carbons (Fsp3) is 0.158. The molecule has 3 aromatic rings. The first-order valence-corrected chi connectivity index (χ1v) is 7.82. The van der Waals surface area contributed by atoms with Crippen LogP contribution in [0.1, 0.15) is 21.6 Å². The number of carbonyl (C=O) groups is 1. The predicted octanol–water partition coefficient (Wildman–Crippen LogP) is 3.09. The molecule has 25 heavy (non-hydrogen) atoms. The number of halogens is 1. The van der Waals surface area contributed by atoms with E-state index in [0.717, 1.165) is 11.1 Å². The second kappa shape index (κ2) is 7.72. The van der Waals surface area contributed by atoms with Crippen molar-refractivity contribution >= 4 is 5.91 Å². The Bertz CT molecular complexity index is 842. The number of carbonyl (C=O) groups excluding carboxylic acids is 1. The highest BCUT2D eigenvalue weighted by Crippen LogP contribution is 2.09. The van der Waals surface area contributed by atoms with E-state index in [1.54, 1.807) is 31.5 Å². The molecule has 2 aromatic carbocycles. The summed E-state index contributed by atoms with van der Waals surface area (Å²) in [5.74, 6) is -0.577. The largest absolute Gasteiger partial charge is 0.380 e. The Balaban J connectivity index is 1.61. The third kappa shape index (κ3) is 4.30. The van der Waals surface area contributed by atoms with E-state index in [4.69, 9.17) is 4.74 Å². The molecule has 5 nitrogen and oxygen atoms in total. The molecule has 1 N–H and O–H groups in total. The molecular formula is C19H18FN3O2. The summed E-state index contributed by atoms with van der Waals surface area (Å²) in [6.45, 7) is 0.975. The van der Waals surface area contributed by atoms with Crippen molar-refractivity contribution in [1.29, 1.82) is 0 Å². The Hall–Kier alpha value is -2.99. The molecule has 128 valence electrons. The van der Waals surface area contributed by atoms with Crippen molar-refractivity contribution in [3.8, 4) is 5.69 Å². The number of hydrogen-bond donors (Lipinski definition) is 1. The van der Waals surface area contributed by atoms with Gasteiger partial charge in [0.1, 0.15) is 5.82 Å². The first-order valence-electron chi connectivity index (χ1n) is 7.82. The maximum Gasteiger partial charge on any atom is 0.272 e. The molecule has 0 saturated heterocycles. The van der Waals surface area contributed by atoms with Gasteiger partial charge in [-0.1, -0.05) is 24.3 Å². The summed E-state index contributed by atoms with van der Waals surface area (Å²) in [6.07, 6.45) is 1.67. The maximum atomic E-state index is 13.0. The van der Waals surface area contributed by atoms with Crippen LogP contribution >= 0.6 is 0 Å². The molecule has 1 heterocycles. The van der Waals surface area contributed by atoms with Gasteiger partial charge in [0.25, 0.3) is 5.91 Å². The highest BCUT2D eigenvalue weighted by molar-refractivity contribution is 5.92. The fourth-order valence-electron chi connectivity index (χ4n) is 2.38. The molecule has 0 saturated carbocycles. The molecule has 0 aliphatic carbocycles. The predicted molar refractivity (Wildman–Crippen MR) is 91.8 cm³/mol. The van der Waals surface area contributed by atoms with Crippen LogP contribution in [0.3, 0.4) is 0 Å². The Labute approximate surface area is 145 Å². The molecule has 0 spiro atoms. The van der Waals surface area contributed by atoms with Crippen molar-refractivity contribution < 1.29 is 13.9 Å². The average molecular weight is 339 g/mol. The van der Waals surface area contributed by atoms with Gasteiger partial charge in [0.15, 0.2) is 5.69 Å². The zero-order valence-corrected chi connectivity index (χ0v) is 13.8. The lowest BCUT2D eigenvalue weighted by molar-refractivity contribution is 0.0945. The van der Waals surface area contributed by atoms with Crippen LogP contribution in [0.4, 0.5) is 4.39 Å². The molecule has 0 aliphatic rings. The summed E-state index contributed by atoms with van der Waals surface area (Å²) >= 11 is 0. The number of nitrogens with one attached hydrogen (secondary N) is 1. The van der Waals surface area contributed by atoms with Crippen molar-refractivity contribution in [3.05, 3.63) is 83.4 Å². The van der Waals surface area contributed by atoms with E-state index in [1.165, 1.54) is 16.8 Å². The van der Waals surface area contributed by atoms with Gasteiger partial charge in [-0.25, -0.2) is 9.07 Å². The Kier molecular flexibility index (Phi) is 5.20. The van der Waals surface area contributed by atoms with Gasteiger partial charge in [-0.05, 0) is 41.5 Å².